The second kappa shape index (κ2) is 12.5. The largest absolute Gasteiger partial charge is 0.497 e. The number of carbonyl (C=O) groups is 3. The molecular formula is C27H40N4O5. The summed E-state index contributed by atoms with van der Waals surface area (Å²) in [5, 5.41) is 2.76. The molecule has 4 amide bonds. The summed E-state index contributed by atoms with van der Waals surface area (Å²) in [6.07, 6.45) is 6.59. The standard InChI is InChI=1S/C27H40N4O5/c1-35-17-16-30(19-21-6-5-15-29-14-4-3-7-24(21)29)25(32)13-12-23-26(33)31(27(34)28-23)18-20-8-10-22(36-2)11-9-20/h8-11,21,23-24H,3-7,12-19H2,1-2H3,(H,28,34)/t21-,23-,24+/m0/s1. The summed E-state index contributed by atoms with van der Waals surface area (Å²) in [6.45, 7) is 4.30. The fraction of sp³-hybridized carbons (Fsp3) is 0.667. The quantitative estimate of drug-likeness (QED) is 0.470. The molecule has 3 fully saturated rings. The first-order chi connectivity index (χ1) is 17.5. The number of nitrogens with one attached hydrogen (secondary N) is 1. The molecule has 0 aliphatic carbocycles. The normalized spacial score (nSPS) is 24.4. The van der Waals surface area contributed by atoms with Gasteiger partial charge in [0.1, 0.15) is 11.8 Å². The van der Waals surface area contributed by atoms with Gasteiger partial charge in [-0.15, -0.1) is 0 Å². The lowest BCUT2D eigenvalue weighted by atomic mass is 9.83. The number of nitrogens with zero attached hydrogens (tertiary/aromatic N) is 3. The van der Waals surface area contributed by atoms with Crippen LogP contribution in [-0.2, 0) is 20.9 Å². The van der Waals surface area contributed by atoms with Crippen LogP contribution in [0.1, 0.15) is 50.5 Å². The summed E-state index contributed by atoms with van der Waals surface area (Å²) in [5.74, 6) is 0.940. The van der Waals surface area contributed by atoms with Crippen molar-refractivity contribution in [2.75, 3.05) is 47.0 Å². The summed E-state index contributed by atoms with van der Waals surface area (Å²) in [5.41, 5.74) is 0.839. The van der Waals surface area contributed by atoms with Crippen molar-refractivity contribution < 1.29 is 23.9 Å². The fourth-order valence-corrected chi connectivity index (χ4v) is 5.85. The molecule has 9 heteroatoms. The molecule has 3 heterocycles. The van der Waals surface area contributed by atoms with Gasteiger partial charge in [-0.2, -0.15) is 0 Å². The molecule has 0 spiro atoms. The maximum Gasteiger partial charge on any atom is 0.325 e. The first-order valence-corrected chi connectivity index (χ1v) is 13.3. The number of urea groups is 1. The summed E-state index contributed by atoms with van der Waals surface area (Å²) in [4.78, 5) is 44.5. The molecule has 3 aliphatic heterocycles. The van der Waals surface area contributed by atoms with Gasteiger partial charge in [-0.25, -0.2) is 4.79 Å². The Hall–Kier alpha value is -2.65. The minimum Gasteiger partial charge on any atom is -0.497 e. The van der Waals surface area contributed by atoms with E-state index in [1.165, 1.54) is 43.7 Å². The van der Waals surface area contributed by atoms with Crippen LogP contribution in [0.5, 0.6) is 5.75 Å². The van der Waals surface area contributed by atoms with E-state index in [1.54, 1.807) is 26.4 Å². The highest BCUT2D eigenvalue weighted by atomic mass is 16.5. The lowest BCUT2D eigenvalue weighted by Gasteiger charge is -2.45. The molecule has 0 aromatic heterocycles. The third-order valence-electron chi connectivity index (χ3n) is 7.86. The van der Waals surface area contributed by atoms with E-state index in [4.69, 9.17) is 9.47 Å². The number of hydrogen-bond acceptors (Lipinski definition) is 6. The summed E-state index contributed by atoms with van der Waals surface area (Å²) >= 11 is 0. The van der Waals surface area contributed by atoms with Crippen LogP contribution < -0.4 is 10.1 Å². The monoisotopic (exact) mass is 500 g/mol. The summed E-state index contributed by atoms with van der Waals surface area (Å²) in [7, 11) is 3.24. The van der Waals surface area contributed by atoms with Gasteiger partial charge in [0.15, 0.2) is 0 Å². The van der Waals surface area contributed by atoms with Crippen molar-refractivity contribution in [3.63, 3.8) is 0 Å². The molecule has 1 N–H and O–H groups in total. The van der Waals surface area contributed by atoms with E-state index in [1.807, 2.05) is 17.0 Å². The van der Waals surface area contributed by atoms with Crippen molar-refractivity contribution in [1.82, 2.24) is 20.0 Å². The van der Waals surface area contributed by atoms with E-state index in [0.29, 0.717) is 31.5 Å². The van der Waals surface area contributed by atoms with Gasteiger partial charge < -0.3 is 24.6 Å². The number of ether oxygens (including phenoxy) is 2. The molecule has 1 aromatic carbocycles. The number of piperidine rings is 2. The molecule has 0 unspecified atom stereocenters. The van der Waals surface area contributed by atoms with Crippen molar-refractivity contribution in [2.45, 2.75) is 63.6 Å². The average molecular weight is 501 g/mol. The average Bonchev–Trinajstić information content (AvgIpc) is 3.17. The van der Waals surface area contributed by atoms with Gasteiger partial charge in [0.25, 0.3) is 5.91 Å². The molecule has 1 aromatic rings. The minimum atomic E-state index is -0.674. The van der Waals surface area contributed by atoms with Gasteiger partial charge >= 0.3 is 6.03 Å². The Balaban J connectivity index is 1.32. The Bertz CT molecular complexity index is 906. The van der Waals surface area contributed by atoms with Crippen molar-refractivity contribution in [3.05, 3.63) is 29.8 Å². The zero-order valence-electron chi connectivity index (χ0n) is 21.6. The van der Waals surface area contributed by atoms with Gasteiger partial charge in [0.05, 0.1) is 20.3 Å². The Kier molecular flexibility index (Phi) is 9.20. The van der Waals surface area contributed by atoms with Gasteiger partial charge in [-0.1, -0.05) is 18.6 Å². The second-order valence-corrected chi connectivity index (χ2v) is 10.1. The van der Waals surface area contributed by atoms with Gasteiger partial charge in [0.2, 0.25) is 5.91 Å². The lowest BCUT2D eigenvalue weighted by Crippen LogP contribution is -2.52. The maximum absolute atomic E-state index is 13.3. The minimum absolute atomic E-state index is 0.0237. The van der Waals surface area contributed by atoms with E-state index in [-0.39, 0.29) is 24.8 Å². The number of carbonyl (C=O) groups excluding carboxylic acids is 3. The first kappa shape index (κ1) is 26.4. The van der Waals surface area contributed by atoms with E-state index in [9.17, 15) is 14.4 Å². The number of methoxy groups -OCH3 is 2. The maximum atomic E-state index is 13.3. The predicted molar refractivity (Wildman–Crippen MR) is 135 cm³/mol. The van der Waals surface area contributed by atoms with E-state index >= 15 is 0 Å². The number of fused-ring (bicyclic) bond motifs is 1. The topological polar surface area (TPSA) is 91.4 Å². The van der Waals surface area contributed by atoms with Crippen LogP contribution in [-0.4, -0.2) is 91.6 Å². The first-order valence-electron chi connectivity index (χ1n) is 13.3. The molecule has 9 nitrogen and oxygen atoms in total. The number of rotatable bonds is 11. The third-order valence-corrected chi connectivity index (χ3v) is 7.86. The highest BCUT2D eigenvalue weighted by molar-refractivity contribution is 6.04. The van der Waals surface area contributed by atoms with Gasteiger partial charge in [-0.3, -0.25) is 14.5 Å². The van der Waals surface area contributed by atoms with Crippen LogP contribution in [0.15, 0.2) is 24.3 Å². The Morgan fingerprint density at radius 2 is 1.86 bits per heavy atom. The molecule has 3 aliphatic rings. The van der Waals surface area contributed by atoms with Crippen LogP contribution in [0.4, 0.5) is 4.79 Å². The van der Waals surface area contributed by atoms with E-state index in [2.05, 4.69) is 10.2 Å². The SMILES string of the molecule is COCCN(C[C@@H]1CCCN2CCCC[C@H]12)C(=O)CC[C@@H]1NC(=O)N(Cc2ccc(OC)cc2)C1=O. The summed E-state index contributed by atoms with van der Waals surface area (Å²) < 4.78 is 10.4. The fourth-order valence-electron chi connectivity index (χ4n) is 5.85. The molecule has 3 saturated heterocycles. The lowest BCUT2D eigenvalue weighted by molar-refractivity contribution is -0.134. The van der Waals surface area contributed by atoms with Crippen molar-refractivity contribution in [1.29, 1.82) is 0 Å². The van der Waals surface area contributed by atoms with Crippen molar-refractivity contribution in [3.8, 4) is 5.75 Å². The van der Waals surface area contributed by atoms with Crippen LogP contribution in [0.3, 0.4) is 0 Å². The number of imide groups is 1. The van der Waals surface area contributed by atoms with Crippen LogP contribution >= 0.6 is 0 Å². The molecular weight excluding hydrogens is 460 g/mol. The van der Waals surface area contributed by atoms with E-state index < -0.39 is 12.1 Å². The van der Waals surface area contributed by atoms with E-state index in [0.717, 1.165) is 24.3 Å². The highest BCUT2D eigenvalue weighted by Crippen LogP contribution is 2.31. The predicted octanol–water partition coefficient (Wildman–Crippen LogP) is 2.64. The molecule has 0 bridgehead atoms. The van der Waals surface area contributed by atoms with Crippen molar-refractivity contribution >= 4 is 17.8 Å². The number of benzene rings is 1. The zero-order chi connectivity index (χ0) is 25.5. The summed E-state index contributed by atoms with van der Waals surface area (Å²) in [6, 6.07) is 6.75. The molecule has 0 saturated carbocycles. The second-order valence-electron chi connectivity index (χ2n) is 10.1. The number of hydrogen-bond donors (Lipinski definition) is 1. The van der Waals surface area contributed by atoms with Crippen molar-refractivity contribution in [2.24, 2.45) is 5.92 Å². The highest BCUT2D eigenvalue weighted by Gasteiger charge is 2.39. The number of amides is 4. The molecule has 36 heavy (non-hydrogen) atoms. The third kappa shape index (κ3) is 6.37. The molecule has 198 valence electrons. The van der Waals surface area contributed by atoms with Crippen LogP contribution in [0.25, 0.3) is 0 Å². The van der Waals surface area contributed by atoms with Gasteiger partial charge in [-0.05, 0) is 68.8 Å². The molecule has 3 atom stereocenters. The Morgan fingerprint density at radius 1 is 1.08 bits per heavy atom. The zero-order valence-corrected chi connectivity index (χ0v) is 21.6. The van der Waals surface area contributed by atoms with Crippen LogP contribution in [0.2, 0.25) is 0 Å². The van der Waals surface area contributed by atoms with Crippen LogP contribution in [0, 0.1) is 5.92 Å². The Labute approximate surface area is 214 Å². The molecule has 0 radical (unpaired) electrons. The Morgan fingerprint density at radius 3 is 2.61 bits per heavy atom. The van der Waals surface area contributed by atoms with Gasteiger partial charge in [0, 0.05) is 32.7 Å². The smallest absolute Gasteiger partial charge is 0.325 e. The molecule has 4 rings (SSSR count).